The molecule has 1 N–H and O–H groups in total. The van der Waals surface area contributed by atoms with Crippen LogP contribution in [0.4, 0.5) is 4.39 Å². The van der Waals surface area contributed by atoms with E-state index in [1.54, 1.807) is 22.8 Å². The Morgan fingerprint density at radius 3 is 2.86 bits per heavy atom. The maximum Gasteiger partial charge on any atom is 0.182 e. The third-order valence-electron chi connectivity index (χ3n) is 3.32. The van der Waals surface area contributed by atoms with Crippen molar-refractivity contribution in [1.82, 2.24) is 9.55 Å². The van der Waals surface area contributed by atoms with E-state index >= 15 is 0 Å². The van der Waals surface area contributed by atoms with Gasteiger partial charge < -0.3 is 4.98 Å². The quantitative estimate of drug-likeness (QED) is 0.634. The Morgan fingerprint density at radius 2 is 2.14 bits per heavy atom. The van der Waals surface area contributed by atoms with Gasteiger partial charge in [0.05, 0.1) is 26.8 Å². The molecular weight excluding hydrogens is 353 g/mol. The van der Waals surface area contributed by atoms with Crippen molar-refractivity contribution in [2.45, 2.75) is 6.92 Å². The van der Waals surface area contributed by atoms with Crippen molar-refractivity contribution in [2.24, 2.45) is 0 Å². The summed E-state index contributed by atoms with van der Waals surface area (Å²) in [5.41, 5.74) is 3.45. The molecule has 3 nitrogen and oxygen atoms in total. The number of rotatable bonds is 1. The second-order valence-electron chi connectivity index (χ2n) is 4.63. The molecule has 0 saturated heterocycles. The first kappa shape index (κ1) is 14.0. The van der Waals surface area contributed by atoms with Crippen LogP contribution in [-0.2, 0) is 0 Å². The number of para-hydroxylation sites is 1. The molecule has 0 amide bonds. The number of nitrogens with zero attached hydrogens (tertiary/aromatic N) is 2. The van der Waals surface area contributed by atoms with Crippen LogP contribution < -0.4 is 0 Å². The lowest BCUT2D eigenvalue weighted by atomic mass is 10.1. The van der Waals surface area contributed by atoms with Crippen LogP contribution in [0.2, 0.25) is 0 Å². The number of fused-ring (bicyclic) bond motifs is 1. The van der Waals surface area contributed by atoms with Gasteiger partial charge in [0.1, 0.15) is 11.9 Å². The molecule has 0 aliphatic heterocycles. The average molecular weight is 362 g/mol. The number of H-pyrrole nitrogens is 1. The van der Waals surface area contributed by atoms with Crippen molar-refractivity contribution < 1.29 is 4.39 Å². The topological polar surface area (TPSA) is 44.5 Å². The molecule has 0 saturated carbocycles. The maximum atomic E-state index is 13.9. The maximum absolute atomic E-state index is 13.9. The molecule has 21 heavy (non-hydrogen) atoms. The summed E-state index contributed by atoms with van der Waals surface area (Å²) in [5, 5.41) is 9.16. The Balaban J connectivity index is 2.42. The highest BCUT2D eigenvalue weighted by atomic mass is 79.9. The number of imidazole rings is 1. The summed E-state index contributed by atoms with van der Waals surface area (Å²) in [5.74, 6) is -0.358. The Kier molecular flexibility index (Phi) is 3.40. The number of hydrogen-bond acceptors (Lipinski definition) is 2. The fourth-order valence-corrected chi connectivity index (χ4v) is 3.10. The van der Waals surface area contributed by atoms with Gasteiger partial charge in [0.25, 0.3) is 0 Å². The van der Waals surface area contributed by atoms with Crippen molar-refractivity contribution in [3.63, 3.8) is 0 Å². The number of aromatic nitrogens is 2. The summed E-state index contributed by atoms with van der Waals surface area (Å²) < 4.78 is 16.5. The Bertz CT molecular complexity index is 965. The van der Waals surface area contributed by atoms with E-state index in [0.717, 1.165) is 11.1 Å². The van der Waals surface area contributed by atoms with Gasteiger partial charge in [-0.1, -0.05) is 6.07 Å². The van der Waals surface area contributed by atoms with Crippen LogP contribution in [-0.4, -0.2) is 9.55 Å². The largest absolute Gasteiger partial charge is 0.329 e. The second-order valence-corrected chi connectivity index (χ2v) is 5.87. The first-order valence-electron chi connectivity index (χ1n) is 6.13. The number of nitrogens with one attached hydrogen (secondary N) is 1. The molecule has 0 fully saturated rings. The van der Waals surface area contributed by atoms with Crippen LogP contribution in [0.3, 0.4) is 0 Å². The molecule has 0 radical (unpaired) electrons. The van der Waals surface area contributed by atoms with E-state index in [1.807, 2.05) is 13.0 Å². The summed E-state index contributed by atoms with van der Waals surface area (Å²) in [6, 6.07) is 10.6. The van der Waals surface area contributed by atoms with Crippen molar-refractivity contribution in [1.29, 1.82) is 5.26 Å². The molecule has 0 aliphatic carbocycles. The highest BCUT2D eigenvalue weighted by molar-refractivity contribution is 9.10. The highest BCUT2D eigenvalue weighted by Crippen LogP contribution is 2.27. The van der Waals surface area contributed by atoms with Crippen LogP contribution in [0.5, 0.6) is 0 Å². The first-order valence-corrected chi connectivity index (χ1v) is 7.33. The molecule has 1 aromatic heterocycles. The van der Waals surface area contributed by atoms with E-state index in [9.17, 15) is 4.39 Å². The number of nitriles is 1. The fraction of sp³-hybridized carbons (Fsp3) is 0.0667. The van der Waals surface area contributed by atoms with Crippen LogP contribution in [0.1, 0.15) is 11.1 Å². The van der Waals surface area contributed by atoms with Crippen molar-refractivity contribution in [3.8, 4) is 11.8 Å². The zero-order chi connectivity index (χ0) is 15.1. The van der Waals surface area contributed by atoms with E-state index in [1.165, 1.54) is 6.07 Å². The summed E-state index contributed by atoms with van der Waals surface area (Å²) in [4.78, 5) is 3.03. The number of benzene rings is 2. The zero-order valence-electron chi connectivity index (χ0n) is 10.9. The van der Waals surface area contributed by atoms with E-state index in [-0.39, 0.29) is 5.82 Å². The van der Waals surface area contributed by atoms with Crippen LogP contribution in [0.25, 0.3) is 16.7 Å². The molecule has 0 atom stereocenters. The molecule has 0 spiro atoms. The lowest BCUT2D eigenvalue weighted by molar-refractivity contribution is 0.619. The van der Waals surface area contributed by atoms with Gasteiger partial charge >= 0.3 is 0 Å². The van der Waals surface area contributed by atoms with Gasteiger partial charge in [0.2, 0.25) is 0 Å². The SMILES string of the molecule is Cc1cc(Br)c(F)cc1-n1c(=S)[nH]c2c(C#N)cccc21. The normalized spacial score (nSPS) is 10.8. The standard InChI is InChI=1S/C15H9BrFN3S/c1-8-5-10(16)11(17)6-13(8)20-12-4-2-3-9(7-18)14(12)19-15(20)21/h2-6H,1H3,(H,19,21). The molecular formula is C15H9BrFN3S. The van der Waals surface area contributed by atoms with Gasteiger partial charge in [-0.25, -0.2) is 4.39 Å². The predicted molar refractivity (Wildman–Crippen MR) is 85.6 cm³/mol. The molecule has 3 rings (SSSR count). The van der Waals surface area contributed by atoms with Gasteiger partial charge in [0, 0.05) is 0 Å². The lowest BCUT2D eigenvalue weighted by Gasteiger charge is -2.10. The summed E-state index contributed by atoms with van der Waals surface area (Å²) >= 11 is 8.52. The van der Waals surface area contributed by atoms with Gasteiger partial charge in [-0.2, -0.15) is 5.26 Å². The molecule has 0 bridgehead atoms. The van der Waals surface area contributed by atoms with Gasteiger partial charge in [-0.15, -0.1) is 0 Å². The number of halogens is 2. The molecule has 2 aromatic carbocycles. The van der Waals surface area contributed by atoms with E-state index in [4.69, 9.17) is 17.5 Å². The van der Waals surface area contributed by atoms with Crippen molar-refractivity contribution >= 4 is 39.2 Å². The summed E-state index contributed by atoms with van der Waals surface area (Å²) in [7, 11) is 0. The summed E-state index contributed by atoms with van der Waals surface area (Å²) in [6.45, 7) is 1.88. The molecule has 0 aliphatic rings. The minimum absolute atomic E-state index is 0.358. The highest BCUT2D eigenvalue weighted by Gasteiger charge is 2.13. The number of aromatic amines is 1. The lowest BCUT2D eigenvalue weighted by Crippen LogP contribution is -1.98. The van der Waals surface area contributed by atoms with Gasteiger partial charge in [-0.3, -0.25) is 4.57 Å². The number of hydrogen-bond donors (Lipinski definition) is 1. The van der Waals surface area contributed by atoms with Crippen molar-refractivity contribution in [2.75, 3.05) is 0 Å². The van der Waals surface area contributed by atoms with Crippen LogP contribution >= 0.6 is 28.1 Å². The van der Waals surface area contributed by atoms with Crippen molar-refractivity contribution in [3.05, 3.63) is 56.5 Å². The molecule has 6 heteroatoms. The Labute approximate surface area is 133 Å². The Morgan fingerprint density at radius 1 is 1.38 bits per heavy atom. The fourth-order valence-electron chi connectivity index (χ4n) is 2.34. The average Bonchev–Trinajstić information content (AvgIpc) is 2.79. The minimum Gasteiger partial charge on any atom is -0.329 e. The first-order chi connectivity index (χ1) is 10.0. The van der Waals surface area contributed by atoms with Gasteiger partial charge in [0.15, 0.2) is 4.77 Å². The van der Waals surface area contributed by atoms with E-state index in [0.29, 0.717) is 26.0 Å². The Hall–Kier alpha value is -1.97. The van der Waals surface area contributed by atoms with Gasteiger partial charge in [-0.05, 0) is 64.9 Å². The molecule has 1 heterocycles. The predicted octanol–water partition coefficient (Wildman–Crippen LogP) is 4.77. The third-order valence-corrected chi connectivity index (χ3v) is 4.21. The smallest absolute Gasteiger partial charge is 0.182 e. The van der Waals surface area contributed by atoms with Crippen LogP contribution in [0, 0.1) is 28.8 Å². The summed E-state index contributed by atoms with van der Waals surface area (Å²) in [6.07, 6.45) is 0. The molecule has 104 valence electrons. The second kappa shape index (κ2) is 5.10. The third kappa shape index (κ3) is 2.19. The van der Waals surface area contributed by atoms with E-state index < -0.39 is 0 Å². The van der Waals surface area contributed by atoms with Crippen LogP contribution in [0.15, 0.2) is 34.8 Å². The molecule has 0 unspecified atom stereocenters. The number of aryl methyl sites for hydroxylation is 1. The van der Waals surface area contributed by atoms with E-state index in [2.05, 4.69) is 27.0 Å². The minimum atomic E-state index is -0.358. The molecule has 3 aromatic rings. The monoisotopic (exact) mass is 361 g/mol. The zero-order valence-corrected chi connectivity index (χ0v) is 13.3.